The summed E-state index contributed by atoms with van der Waals surface area (Å²) in [6, 6.07) is 10.0. The lowest BCUT2D eigenvalue weighted by molar-refractivity contribution is -0.734. The fraction of sp³-hybridized carbons (Fsp3) is 0.222. The number of rotatable bonds is 2. The van der Waals surface area contributed by atoms with E-state index in [4.69, 9.17) is 5.73 Å². The van der Waals surface area contributed by atoms with Crippen LogP contribution in [0.25, 0.3) is 0 Å². The molecule has 2 rings (SSSR count). The van der Waals surface area contributed by atoms with Gasteiger partial charge in [0.05, 0.1) is 5.10 Å². The van der Waals surface area contributed by atoms with Crippen LogP contribution in [0.2, 0.25) is 0 Å². The molecule has 0 amide bonds. The molecule has 1 aromatic heterocycles. The van der Waals surface area contributed by atoms with Crippen LogP contribution in [0.15, 0.2) is 30.3 Å². The molecular weight excluding hydrogens is 214 g/mol. The molecule has 0 bridgehead atoms. The number of tetrazole rings is 1. The monoisotopic (exact) mass is 225 g/mol. The van der Waals surface area contributed by atoms with Crippen molar-refractivity contribution in [1.82, 2.24) is 15.1 Å². The van der Waals surface area contributed by atoms with Gasteiger partial charge < -0.3 is 18.1 Å². The molecule has 0 aliphatic carbocycles. The number of benzene rings is 1. The van der Waals surface area contributed by atoms with E-state index in [9.17, 15) is 0 Å². The fourth-order valence-electron chi connectivity index (χ4n) is 1.29. The number of anilines is 1. The topological polar surface area (TPSA) is 60.6 Å². The van der Waals surface area contributed by atoms with Crippen LogP contribution in [-0.4, -0.2) is 15.1 Å². The van der Waals surface area contributed by atoms with Crippen molar-refractivity contribution >= 4 is 5.95 Å². The molecular formula is C9H12ClN5. The Morgan fingerprint density at radius 1 is 1.33 bits per heavy atom. The van der Waals surface area contributed by atoms with Crippen molar-refractivity contribution in [2.24, 2.45) is 7.05 Å². The van der Waals surface area contributed by atoms with E-state index < -0.39 is 0 Å². The number of hydrogen-bond acceptors (Lipinski definition) is 3. The maximum absolute atomic E-state index is 5.66. The molecule has 0 aliphatic heterocycles. The SMILES string of the molecule is Cn1nc(N)[n+](Cc2ccccc2)n1.[Cl-]. The molecule has 80 valence electrons. The van der Waals surface area contributed by atoms with E-state index in [1.54, 1.807) is 11.7 Å². The Labute approximate surface area is 93.9 Å². The first-order valence-corrected chi connectivity index (χ1v) is 4.36. The average molecular weight is 226 g/mol. The van der Waals surface area contributed by atoms with E-state index in [2.05, 4.69) is 10.3 Å². The van der Waals surface area contributed by atoms with Crippen molar-refractivity contribution in [3.05, 3.63) is 35.9 Å². The van der Waals surface area contributed by atoms with Gasteiger partial charge in [-0.05, 0) is 5.56 Å². The van der Waals surface area contributed by atoms with Crippen molar-refractivity contribution in [3.8, 4) is 0 Å². The van der Waals surface area contributed by atoms with E-state index in [1.165, 1.54) is 4.80 Å². The van der Waals surface area contributed by atoms with Crippen LogP contribution in [0.1, 0.15) is 5.56 Å². The van der Waals surface area contributed by atoms with Crippen LogP contribution in [0.5, 0.6) is 0 Å². The number of nitrogens with two attached hydrogens (primary N) is 1. The summed E-state index contributed by atoms with van der Waals surface area (Å²) in [5.74, 6) is 0.427. The van der Waals surface area contributed by atoms with Crippen molar-refractivity contribution in [1.29, 1.82) is 0 Å². The lowest BCUT2D eigenvalue weighted by atomic mass is 10.2. The maximum atomic E-state index is 5.66. The average Bonchev–Trinajstić information content (AvgIpc) is 2.47. The van der Waals surface area contributed by atoms with Gasteiger partial charge in [-0.15, -0.1) is 4.68 Å². The van der Waals surface area contributed by atoms with Crippen LogP contribution >= 0.6 is 0 Å². The van der Waals surface area contributed by atoms with Gasteiger partial charge in [0.1, 0.15) is 13.6 Å². The van der Waals surface area contributed by atoms with E-state index in [1.807, 2.05) is 30.3 Å². The molecule has 1 aromatic carbocycles. The molecule has 0 aliphatic rings. The normalized spacial score (nSPS) is 9.67. The van der Waals surface area contributed by atoms with Gasteiger partial charge in [0, 0.05) is 5.21 Å². The molecule has 5 nitrogen and oxygen atoms in total. The Bertz CT molecular complexity index is 425. The molecule has 0 saturated carbocycles. The largest absolute Gasteiger partial charge is 1.00 e. The predicted molar refractivity (Wildman–Crippen MR) is 51.2 cm³/mol. The molecule has 2 aromatic rings. The Morgan fingerprint density at radius 3 is 2.53 bits per heavy atom. The first kappa shape index (κ1) is 11.5. The van der Waals surface area contributed by atoms with Crippen LogP contribution in [-0.2, 0) is 13.6 Å². The summed E-state index contributed by atoms with van der Waals surface area (Å²) in [5.41, 5.74) is 6.81. The summed E-state index contributed by atoms with van der Waals surface area (Å²) >= 11 is 0. The predicted octanol–water partition coefficient (Wildman–Crippen LogP) is -3.26. The minimum Gasteiger partial charge on any atom is -1.00 e. The smallest absolute Gasteiger partial charge is 0.396 e. The molecule has 1 heterocycles. The van der Waals surface area contributed by atoms with Gasteiger partial charge >= 0.3 is 5.95 Å². The van der Waals surface area contributed by atoms with Crippen LogP contribution in [0.4, 0.5) is 5.95 Å². The van der Waals surface area contributed by atoms with Gasteiger partial charge in [-0.2, -0.15) is 0 Å². The maximum Gasteiger partial charge on any atom is 0.396 e. The zero-order valence-electron chi connectivity index (χ0n) is 8.34. The van der Waals surface area contributed by atoms with Crippen LogP contribution in [0, 0.1) is 0 Å². The van der Waals surface area contributed by atoms with E-state index >= 15 is 0 Å². The van der Waals surface area contributed by atoms with Crippen LogP contribution in [0.3, 0.4) is 0 Å². The van der Waals surface area contributed by atoms with Gasteiger partial charge in [0.2, 0.25) is 0 Å². The molecule has 0 fully saturated rings. The summed E-state index contributed by atoms with van der Waals surface area (Å²) in [6.45, 7) is 0.653. The zero-order valence-corrected chi connectivity index (χ0v) is 9.09. The minimum absolute atomic E-state index is 0. The fourth-order valence-corrected chi connectivity index (χ4v) is 1.29. The molecule has 0 atom stereocenters. The Morgan fingerprint density at radius 2 is 2.00 bits per heavy atom. The molecule has 6 heteroatoms. The molecule has 0 unspecified atom stereocenters. The first-order chi connectivity index (χ1) is 6.75. The Kier molecular flexibility index (Phi) is 3.62. The highest BCUT2D eigenvalue weighted by molar-refractivity contribution is 5.13. The van der Waals surface area contributed by atoms with Crippen molar-refractivity contribution in [3.63, 3.8) is 0 Å². The lowest BCUT2D eigenvalue weighted by Crippen LogP contribution is -3.00. The number of nitrogen functional groups attached to an aromatic ring is 1. The molecule has 0 radical (unpaired) electrons. The summed E-state index contributed by atoms with van der Waals surface area (Å²) in [4.78, 5) is 1.46. The van der Waals surface area contributed by atoms with Gasteiger partial charge in [-0.3, -0.25) is 0 Å². The standard InChI is InChI=1S/C9H12N5.ClH/c1-13-11-9(10)14(12-13)7-8-5-3-2-4-6-8;/h2-6H,7H2,1H3,(H2,10,11,12);1H/q+1;/p-1. The Balaban J connectivity index is 0.00000112. The van der Waals surface area contributed by atoms with Crippen molar-refractivity contribution in [2.45, 2.75) is 6.54 Å². The van der Waals surface area contributed by atoms with Crippen molar-refractivity contribution in [2.75, 3.05) is 5.73 Å². The summed E-state index contributed by atoms with van der Waals surface area (Å²) in [6.07, 6.45) is 0. The van der Waals surface area contributed by atoms with E-state index in [-0.39, 0.29) is 12.4 Å². The third-order valence-electron chi connectivity index (χ3n) is 1.92. The molecule has 0 saturated heterocycles. The number of hydrogen-bond donors (Lipinski definition) is 1. The molecule has 15 heavy (non-hydrogen) atoms. The quantitative estimate of drug-likeness (QED) is 0.546. The molecule has 0 spiro atoms. The second-order valence-electron chi connectivity index (χ2n) is 3.08. The first-order valence-electron chi connectivity index (χ1n) is 4.36. The highest BCUT2D eigenvalue weighted by atomic mass is 35.5. The van der Waals surface area contributed by atoms with Gasteiger partial charge in [0.15, 0.2) is 0 Å². The van der Waals surface area contributed by atoms with Gasteiger partial charge in [-0.1, -0.05) is 35.1 Å². The van der Waals surface area contributed by atoms with Crippen LogP contribution < -0.4 is 22.8 Å². The van der Waals surface area contributed by atoms with E-state index in [0.717, 1.165) is 5.56 Å². The van der Waals surface area contributed by atoms with E-state index in [0.29, 0.717) is 12.5 Å². The summed E-state index contributed by atoms with van der Waals surface area (Å²) in [7, 11) is 1.75. The number of aromatic nitrogens is 4. The van der Waals surface area contributed by atoms with Crippen molar-refractivity contribution < 1.29 is 17.1 Å². The third kappa shape index (κ3) is 2.66. The zero-order chi connectivity index (χ0) is 9.97. The second-order valence-corrected chi connectivity index (χ2v) is 3.08. The summed E-state index contributed by atoms with van der Waals surface area (Å²) in [5, 5.41) is 8.06. The van der Waals surface area contributed by atoms with Gasteiger partial charge in [0.25, 0.3) is 0 Å². The number of halogens is 1. The minimum atomic E-state index is 0. The highest BCUT2D eigenvalue weighted by Gasteiger charge is 2.11. The lowest BCUT2D eigenvalue weighted by Gasteiger charge is -1.96. The number of aryl methyl sites for hydroxylation is 1. The third-order valence-corrected chi connectivity index (χ3v) is 1.92. The molecule has 2 N–H and O–H groups in total. The second kappa shape index (κ2) is 4.75. The van der Waals surface area contributed by atoms with Gasteiger partial charge in [-0.25, -0.2) is 0 Å². The number of nitrogens with zero attached hydrogens (tertiary/aromatic N) is 4. The summed E-state index contributed by atoms with van der Waals surface area (Å²) < 4.78 is 1.66. The Hall–Kier alpha value is -1.62. The highest BCUT2D eigenvalue weighted by Crippen LogP contribution is 1.97.